The Morgan fingerprint density at radius 3 is 2.09 bits per heavy atom. The molecule has 0 bridgehead atoms. The Balaban J connectivity index is 2.17. The predicted octanol–water partition coefficient (Wildman–Crippen LogP) is 4.95. The summed E-state index contributed by atoms with van der Waals surface area (Å²) >= 11 is 0. The van der Waals surface area contributed by atoms with Crippen LogP contribution in [0.1, 0.15) is 82.3 Å². The Hall–Kier alpha value is -1.71. The summed E-state index contributed by atoms with van der Waals surface area (Å²) in [5.41, 5.74) is 7.07. The Morgan fingerprint density at radius 1 is 0.957 bits per heavy atom. The second-order valence-electron chi connectivity index (χ2n) is 6.27. The number of hydrogen-bond donors (Lipinski definition) is 3. The molecule has 130 valence electrons. The van der Waals surface area contributed by atoms with Crippen molar-refractivity contribution >= 4 is 5.84 Å². The van der Waals surface area contributed by atoms with E-state index in [1.165, 1.54) is 57.8 Å². The third-order valence-electron chi connectivity index (χ3n) is 4.26. The zero-order chi connectivity index (χ0) is 16.9. The molecule has 0 unspecified atom stereocenters. The number of amidine groups is 1. The molecule has 1 aromatic rings. The minimum atomic E-state index is -0.0487. The molecule has 0 heterocycles. The summed E-state index contributed by atoms with van der Waals surface area (Å²) in [6.07, 6.45) is 14.1. The quantitative estimate of drug-likeness (QED) is 0.168. The van der Waals surface area contributed by atoms with Crippen LogP contribution in [0.2, 0.25) is 0 Å². The average Bonchev–Trinajstić information content (AvgIpc) is 2.57. The molecule has 0 aliphatic rings. The van der Waals surface area contributed by atoms with Crippen molar-refractivity contribution in [2.75, 3.05) is 0 Å². The number of nitrogens with zero attached hydrogens (tertiary/aromatic N) is 1. The summed E-state index contributed by atoms with van der Waals surface area (Å²) in [4.78, 5) is 0. The molecule has 4 N–H and O–H groups in total. The van der Waals surface area contributed by atoms with E-state index in [9.17, 15) is 5.11 Å². The lowest BCUT2D eigenvalue weighted by Gasteiger charge is -2.07. The molecule has 1 rings (SSSR count). The highest BCUT2D eigenvalue weighted by Gasteiger charge is 2.07. The van der Waals surface area contributed by atoms with Crippen LogP contribution in [-0.2, 0) is 6.42 Å². The molecule has 1 aromatic carbocycles. The monoisotopic (exact) mass is 320 g/mol. The van der Waals surface area contributed by atoms with Crippen molar-refractivity contribution in [2.24, 2.45) is 10.9 Å². The lowest BCUT2D eigenvalue weighted by Crippen LogP contribution is -2.13. The Bertz CT molecular complexity index is 472. The molecule has 0 spiro atoms. The van der Waals surface area contributed by atoms with Gasteiger partial charge in [0.05, 0.1) is 5.56 Å². The van der Waals surface area contributed by atoms with Gasteiger partial charge in [-0.1, -0.05) is 75.9 Å². The van der Waals surface area contributed by atoms with Crippen LogP contribution in [0.4, 0.5) is 0 Å². The zero-order valence-electron chi connectivity index (χ0n) is 14.4. The van der Waals surface area contributed by atoms with Crippen LogP contribution in [0.3, 0.4) is 0 Å². The number of aryl methyl sites for hydroxylation is 1. The minimum absolute atomic E-state index is 0.0483. The van der Waals surface area contributed by atoms with Crippen LogP contribution in [-0.4, -0.2) is 16.1 Å². The van der Waals surface area contributed by atoms with E-state index >= 15 is 0 Å². The van der Waals surface area contributed by atoms with Crippen molar-refractivity contribution in [1.82, 2.24) is 0 Å². The van der Waals surface area contributed by atoms with Gasteiger partial charge < -0.3 is 16.0 Å². The highest BCUT2D eigenvalue weighted by atomic mass is 16.4. The Labute approximate surface area is 140 Å². The molecule has 0 fully saturated rings. The van der Waals surface area contributed by atoms with Gasteiger partial charge in [0, 0.05) is 0 Å². The van der Waals surface area contributed by atoms with Crippen LogP contribution >= 0.6 is 0 Å². The van der Waals surface area contributed by atoms with E-state index in [4.69, 9.17) is 10.9 Å². The first kappa shape index (κ1) is 19.3. The van der Waals surface area contributed by atoms with Gasteiger partial charge in [0.2, 0.25) is 0 Å². The van der Waals surface area contributed by atoms with Crippen molar-refractivity contribution in [3.05, 3.63) is 29.3 Å². The summed E-state index contributed by atoms with van der Waals surface area (Å²) in [5, 5.41) is 21.4. The lowest BCUT2D eigenvalue weighted by molar-refractivity contribution is 0.318. The van der Waals surface area contributed by atoms with Gasteiger partial charge in [-0.25, -0.2) is 0 Å². The highest BCUT2D eigenvalue weighted by molar-refractivity contribution is 5.99. The second kappa shape index (κ2) is 11.8. The number of unbranched alkanes of at least 4 members (excludes halogenated alkanes) is 9. The van der Waals surface area contributed by atoms with Crippen molar-refractivity contribution in [3.63, 3.8) is 0 Å². The molecule has 4 heteroatoms. The molecule has 23 heavy (non-hydrogen) atoms. The summed E-state index contributed by atoms with van der Waals surface area (Å²) in [5.74, 6) is -0.000420. The second-order valence-corrected chi connectivity index (χ2v) is 6.27. The van der Waals surface area contributed by atoms with Crippen LogP contribution in [0.5, 0.6) is 5.75 Å². The first-order chi connectivity index (χ1) is 11.2. The number of nitrogens with two attached hydrogens (primary N) is 1. The van der Waals surface area contributed by atoms with E-state index in [1.807, 2.05) is 6.07 Å². The van der Waals surface area contributed by atoms with Gasteiger partial charge in [0.15, 0.2) is 5.84 Å². The maximum atomic E-state index is 9.71. The summed E-state index contributed by atoms with van der Waals surface area (Å²) in [7, 11) is 0. The fourth-order valence-corrected chi connectivity index (χ4v) is 2.81. The maximum Gasteiger partial charge on any atom is 0.173 e. The van der Waals surface area contributed by atoms with Crippen LogP contribution < -0.4 is 5.73 Å². The first-order valence-corrected chi connectivity index (χ1v) is 8.98. The number of hydrogen-bond acceptors (Lipinski definition) is 3. The van der Waals surface area contributed by atoms with E-state index in [0.717, 1.165) is 18.4 Å². The normalized spacial score (nSPS) is 11.8. The number of phenols is 1. The van der Waals surface area contributed by atoms with E-state index in [0.29, 0.717) is 5.56 Å². The lowest BCUT2D eigenvalue weighted by atomic mass is 10.0. The van der Waals surface area contributed by atoms with E-state index in [-0.39, 0.29) is 11.6 Å². The van der Waals surface area contributed by atoms with E-state index in [2.05, 4.69) is 12.1 Å². The molecule has 0 atom stereocenters. The van der Waals surface area contributed by atoms with Crippen molar-refractivity contribution in [1.29, 1.82) is 0 Å². The van der Waals surface area contributed by atoms with Gasteiger partial charge in [0.25, 0.3) is 0 Å². The van der Waals surface area contributed by atoms with E-state index in [1.54, 1.807) is 12.1 Å². The van der Waals surface area contributed by atoms with Crippen LogP contribution in [0, 0.1) is 0 Å². The average molecular weight is 320 g/mol. The first-order valence-electron chi connectivity index (χ1n) is 8.98. The number of aromatic hydroxyl groups is 1. The fraction of sp³-hybridized carbons (Fsp3) is 0.632. The third-order valence-corrected chi connectivity index (χ3v) is 4.26. The third kappa shape index (κ3) is 7.91. The molecule has 0 aromatic heterocycles. The molecule has 0 aliphatic carbocycles. The molecule has 0 aliphatic heterocycles. The zero-order valence-corrected chi connectivity index (χ0v) is 14.4. The summed E-state index contributed by atoms with van der Waals surface area (Å²) < 4.78 is 0. The van der Waals surface area contributed by atoms with Gasteiger partial charge in [-0.15, -0.1) is 0 Å². The largest absolute Gasteiger partial charge is 0.507 e. The molecule has 0 saturated heterocycles. The van der Waals surface area contributed by atoms with Crippen molar-refractivity contribution in [2.45, 2.75) is 77.6 Å². The topological polar surface area (TPSA) is 78.8 Å². The van der Waals surface area contributed by atoms with Crippen molar-refractivity contribution in [3.8, 4) is 5.75 Å². The van der Waals surface area contributed by atoms with Gasteiger partial charge in [-0.2, -0.15) is 0 Å². The number of phenolic OH excluding ortho intramolecular Hbond substituents is 1. The number of rotatable bonds is 12. The smallest absolute Gasteiger partial charge is 0.173 e. The molecule has 0 radical (unpaired) electrons. The molecular formula is C19H32N2O2. The molecule has 4 nitrogen and oxygen atoms in total. The van der Waals surface area contributed by atoms with Gasteiger partial charge in [-0.3, -0.25) is 0 Å². The number of oxime groups is 1. The Morgan fingerprint density at radius 2 is 1.52 bits per heavy atom. The molecule has 0 amide bonds. The predicted molar refractivity (Wildman–Crippen MR) is 96.2 cm³/mol. The van der Waals surface area contributed by atoms with Crippen LogP contribution in [0.25, 0.3) is 0 Å². The number of benzene rings is 1. The SMILES string of the molecule is CCCCCCCCCCCCc1ccc(O)c(C(N)=NO)c1. The fourth-order valence-electron chi connectivity index (χ4n) is 2.81. The standard InChI is InChI=1S/C19H32N2O2/c1-2-3-4-5-6-7-8-9-10-11-12-16-13-14-18(22)17(15-16)19(20)21-23/h13-15,22-23H,2-12H2,1H3,(H2,20,21). The van der Waals surface area contributed by atoms with Gasteiger partial charge in [0.1, 0.15) is 5.75 Å². The molecule has 0 saturated carbocycles. The Kier molecular flexibility index (Phi) is 9.92. The van der Waals surface area contributed by atoms with Crippen LogP contribution in [0.15, 0.2) is 23.4 Å². The van der Waals surface area contributed by atoms with Crippen molar-refractivity contribution < 1.29 is 10.3 Å². The molecular weight excluding hydrogens is 288 g/mol. The summed E-state index contributed by atoms with van der Waals surface area (Å²) in [6, 6.07) is 5.31. The van der Waals surface area contributed by atoms with Gasteiger partial charge in [-0.05, 0) is 30.5 Å². The van der Waals surface area contributed by atoms with E-state index < -0.39 is 0 Å². The minimum Gasteiger partial charge on any atom is -0.507 e. The van der Waals surface area contributed by atoms with Gasteiger partial charge >= 0.3 is 0 Å². The summed E-state index contributed by atoms with van der Waals surface area (Å²) in [6.45, 7) is 2.25. The highest BCUT2D eigenvalue weighted by Crippen LogP contribution is 2.20. The maximum absolute atomic E-state index is 9.71.